The average Bonchev–Trinajstić information content (AvgIpc) is 3.50. The summed E-state index contributed by atoms with van der Waals surface area (Å²) >= 11 is 0. The van der Waals surface area contributed by atoms with Crippen LogP contribution in [0.5, 0.6) is 17.2 Å². The fraction of sp³-hybridized carbons (Fsp3) is 0.455. The van der Waals surface area contributed by atoms with Gasteiger partial charge in [0.25, 0.3) is 5.91 Å². The molecular formula is C22H26N6O4. The number of likely N-dealkylation sites (tertiary alicyclic amines) is 1. The van der Waals surface area contributed by atoms with E-state index in [0.717, 1.165) is 30.4 Å². The molecule has 1 amide bonds. The standard InChI is InChI=1S/C22H26N6O4/c1-13-23-24-19-5-6-20(25-28(13)19)26-9-15-11-27(12-16(15)10-26)22(29)14-7-17(30-2)21(32-4)18(8-14)31-3/h5-8,15-16H,9-12H2,1-4H3. The molecule has 2 aliphatic rings. The van der Waals surface area contributed by atoms with Crippen molar-refractivity contribution in [2.24, 2.45) is 11.8 Å². The maximum atomic E-state index is 13.3. The Balaban J connectivity index is 1.31. The number of hydrogen-bond acceptors (Lipinski definition) is 8. The van der Waals surface area contributed by atoms with Gasteiger partial charge < -0.3 is 24.0 Å². The number of ether oxygens (including phenoxy) is 3. The average molecular weight is 438 g/mol. The molecule has 0 N–H and O–H groups in total. The van der Waals surface area contributed by atoms with E-state index in [4.69, 9.17) is 19.3 Å². The number of anilines is 1. The number of carbonyl (C=O) groups is 1. The number of benzene rings is 1. The van der Waals surface area contributed by atoms with Gasteiger partial charge in [0.2, 0.25) is 5.75 Å². The smallest absolute Gasteiger partial charge is 0.254 e. The molecule has 0 aliphatic carbocycles. The number of aryl methyl sites for hydroxylation is 1. The molecule has 5 rings (SSSR count). The lowest BCUT2D eigenvalue weighted by molar-refractivity contribution is 0.0781. The molecule has 2 saturated heterocycles. The molecule has 32 heavy (non-hydrogen) atoms. The Bertz CT molecular complexity index is 1140. The van der Waals surface area contributed by atoms with Crippen molar-refractivity contribution in [1.29, 1.82) is 0 Å². The summed E-state index contributed by atoms with van der Waals surface area (Å²) in [5.74, 6) is 3.90. The van der Waals surface area contributed by atoms with Gasteiger partial charge in [-0.1, -0.05) is 0 Å². The predicted octanol–water partition coefficient (Wildman–Crippen LogP) is 1.67. The minimum atomic E-state index is -0.0233. The van der Waals surface area contributed by atoms with Crippen LogP contribution >= 0.6 is 0 Å². The molecule has 0 bridgehead atoms. The van der Waals surface area contributed by atoms with Gasteiger partial charge in [-0.2, -0.15) is 4.52 Å². The van der Waals surface area contributed by atoms with Crippen LogP contribution in [0.25, 0.3) is 5.65 Å². The summed E-state index contributed by atoms with van der Waals surface area (Å²) in [6.07, 6.45) is 0. The molecule has 2 aromatic heterocycles. The zero-order valence-corrected chi connectivity index (χ0v) is 18.6. The third kappa shape index (κ3) is 3.26. The number of carbonyl (C=O) groups excluding carboxylic acids is 1. The predicted molar refractivity (Wildman–Crippen MR) is 117 cm³/mol. The molecule has 168 valence electrons. The molecule has 0 spiro atoms. The van der Waals surface area contributed by atoms with Gasteiger partial charge in [-0.25, -0.2) is 0 Å². The Morgan fingerprint density at radius 3 is 2.19 bits per heavy atom. The fourth-order valence-corrected chi connectivity index (χ4v) is 4.79. The highest BCUT2D eigenvalue weighted by atomic mass is 16.5. The maximum absolute atomic E-state index is 13.3. The second-order valence-electron chi connectivity index (χ2n) is 8.26. The maximum Gasteiger partial charge on any atom is 0.254 e. The molecule has 2 aliphatic heterocycles. The van der Waals surface area contributed by atoms with E-state index in [1.165, 1.54) is 0 Å². The van der Waals surface area contributed by atoms with Crippen molar-refractivity contribution in [3.05, 3.63) is 35.7 Å². The quantitative estimate of drug-likeness (QED) is 0.594. The van der Waals surface area contributed by atoms with Crippen LogP contribution < -0.4 is 19.1 Å². The summed E-state index contributed by atoms with van der Waals surface area (Å²) in [7, 11) is 4.65. The van der Waals surface area contributed by atoms with Crippen LogP contribution in [-0.4, -0.2) is 78.1 Å². The second kappa shape index (κ2) is 7.85. The molecule has 0 saturated carbocycles. The number of fused-ring (bicyclic) bond motifs is 2. The monoisotopic (exact) mass is 438 g/mol. The summed E-state index contributed by atoms with van der Waals surface area (Å²) in [6, 6.07) is 7.36. The SMILES string of the molecule is COc1cc(C(=O)N2CC3CN(c4ccc5nnc(C)n5n4)CC3C2)cc(OC)c1OC. The molecule has 1 aromatic carbocycles. The van der Waals surface area contributed by atoms with E-state index < -0.39 is 0 Å². The third-order valence-electron chi connectivity index (χ3n) is 6.41. The summed E-state index contributed by atoms with van der Waals surface area (Å²) in [5.41, 5.74) is 1.28. The lowest BCUT2D eigenvalue weighted by atomic mass is 10.0. The van der Waals surface area contributed by atoms with E-state index in [0.29, 0.717) is 47.7 Å². The van der Waals surface area contributed by atoms with Crippen LogP contribution in [0.15, 0.2) is 24.3 Å². The topological polar surface area (TPSA) is 94.3 Å². The number of amides is 1. The van der Waals surface area contributed by atoms with Crippen molar-refractivity contribution >= 4 is 17.4 Å². The highest BCUT2D eigenvalue weighted by Crippen LogP contribution is 2.39. The summed E-state index contributed by atoms with van der Waals surface area (Å²) < 4.78 is 17.9. The Hall–Kier alpha value is -3.56. The molecule has 4 heterocycles. The lowest BCUT2D eigenvalue weighted by Crippen LogP contribution is -2.33. The van der Waals surface area contributed by atoms with Crippen LogP contribution in [0.4, 0.5) is 5.82 Å². The summed E-state index contributed by atoms with van der Waals surface area (Å²) in [5, 5.41) is 12.9. The fourth-order valence-electron chi connectivity index (χ4n) is 4.79. The summed E-state index contributed by atoms with van der Waals surface area (Å²) in [6.45, 7) is 5.05. The first-order valence-corrected chi connectivity index (χ1v) is 10.6. The van der Waals surface area contributed by atoms with Crippen LogP contribution in [0.1, 0.15) is 16.2 Å². The highest BCUT2D eigenvalue weighted by Gasteiger charge is 2.42. The zero-order chi connectivity index (χ0) is 22.4. The van der Waals surface area contributed by atoms with Gasteiger partial charge in [-0.15, -0.1) is 15.3 Å². The minimum absolute atomic E-state index is 0.0233. The Morgan fingerprint density at radius 2 is 1.59 bits per heavy atom. The number of hydrogen-bond donors (Lipinski definition) is 0. The van der Waals surface area contributed by atoms with E-state index >= 15 is 0 Å². The molecule has 2 atom stereocenters. The summed E-state index contributed by atoms with van der Waals surface area (Å²) in [4.78, 5) is 17.5. The van der Waals surface area contributed by atoms with Crippen LogP contribution in [0.3, 0.4) is 0 Å². The molecule has 10 heteroatoms. The largest absolute Gasteiger partial charge is 0.493 e. The molecular weight excluding hydrogens is 412 g/mol. The number of rotatable bonds is 5. The molecule has 3 aromatic rings. The zero-order valence-electron chi connectivity index (χ0n) is 18.6. The Morgan fingerprint density at radius 1 is 0.938 bits per heavy atom. The van der Waals surface area contributed by atoms with Crippen molar-refractivity contribution in [2.75, 3.05) is 52.4 Å². The van der Waals surface area contributed by atoms with Crippen molar-refractivity contribution in [1.82, 2.24) is 24.7 Å². The first kappa shape index (κ1) is 20.3. The van der Waals surface area contributed by atoms with E-state index in [1.807, 2.05) is 24.0 Å². The highest BCUT2D eigenvalue weighted by molar-refractivity contribution is 5.96. The Labute approximate surface area is 185 Å². The minimum Gasteiger partial charge on any atom is -0.493 e. The van der Waals surface area contributed by atoms with E-state index in [2.05, 4.69) is 15.1 Å². The van der Waals surface area contributed by atoms with Crippen molar-refractivity contribution in [2.45, 2.75) is 6.92 Å². The molecule has 10 nitrogen and oxygen atoms in total. The third-order valence-corrected chi connectivity index (χ3v) is 6.41. The molecule has 0 radical (unpaired) electrons. The normalized spacial score (nSPS) is 20.0. The Kier molecular flexibility index (Phi) is 4.99. The van der Waals surface area contributed by atoms with Crippen LogP contribution in [0.2, 0.25) is 0 Å². The second-order valence-corrected chi connectivity index (χ2v) is 8.26. The van der Waals surface area contributed by atoms with Gasteiger partial charge in [-0.3, -0.25) is 4.79 Å². The molecule has 2 fully saturated rings. The first-order valence-electron chi connectivity index (χ1n) is 10.6. The molecule has 2 unspecified atom stereocenters. The van der Waals surface area contributed by atoms with E-state index in [1.54, 1.807) is 38.0 Å². The number of methoxy groups -OCH3 is 3. The van der Waals surface area contributed by atoms with Crippen molar-refractivity contribution in [3.63, 3.8) is 0 Å². The van der Waals surface area contributed by atoms with Crippen molar-refractivity contribution < 1.29 is 19.0 Å². The first-order chi connectivity index (χ1) is 15.5. The van der Waals surface area contributed by atoms with Crippen LogP contribution in [-0.2, 0) is 0 Å². The van der Waals surface area contributed by atoms with E-state index in [9.17, 15) is 4.79 Å². The van der Waals surface area contributed by atoms with Crippen molar-refractivity contribution in [3.8, 4) is 17.2 Å². The van der Waals surface area contributed by atoms with Gasteiger partial charge in [-0.05, 0) is 31.2 Å². The van der Waals surface area contributed by atoms with Gasteiger partial charge in [0.1, 0.15) is 5.82 Å². The number of aromatic nitrogens is 4. The van der Waals surface area contributed by atoms with Gasteiger partial charge in [0.15, 0.2) is 23.0 Å². The van der Waals surface area contributed by atoms with Crippen LogP contribution in [0, 0.1) is 18.8 Å². The van der Waals surface area contributed by atoms with Gasteiger partial charge >= 0.3 is 0 Å². The number of nitrogens with zero attached hydrogens (tertiary/aromatic N) is 6. The van der Waals surface area contributed by atoms with Gasteiger partial charge in [0.05, 0.1) is 21.3 Å². The van der Waals surface area contributed by atoms with E-state index in [-0.39, 0.29) is 5.91 Å². The van der Waals surface area contributed by atoms with Gasteiger partial charge in [0, 0.05) is 43.6 Å². The lowest BCUT2D eigenvalue weighted by Gasteiger charge is -2.23.